The number of thioether (sulfide) groups is 1. The average molecular weight is 355 g/mol. The van der Waals surface area contributed by atoms with Crippen molar-refractivity contribution in [1.82, 2.24) is 19.5 Å². The molecule has 3 rings (SSSR count). The van der Waals surface area contributed by atoms with Crippen LogP contribution in [0.5, 0.6) is 6.01 Å². The van der Waals surface area contributed by atoms with Crippen molar-refractivity contribution in [3.05, 3.63) is 35.9 Å². The Kier molecular flexibility index (Phi) is 4.22. The molecule has 0 unspecified atom stereocenters. The quantitative estimate of drug-likeness (QED) is 0.552. The van der Waals surface area contributed by atoms with Crippen LogP contribution in [0.15, 0.2) is 35.5 Å². The summed E-state index contributed by atoms with van der Waals surface area (Å²) in [5, 5.41) is 9.89. The molecule has 0 bridgehead atoms. The Balaban J connectivity index is 1.99. The molecule has 0 atom stereocenters. The summed E-state index contributed by atoms with van der Waals surface area (Å²) in [5.74, 6) is -1.21. The third-order valence-corrected chi connectivity index (χ3v) is 4.04. The third kappa shape index (κ3) is 3.53. The molecule has 0 aliphatic rings. The molecular formula is C14H12F3N5OS. The van der Waals surface area contributed by atoms with Crippen LogP contribution in [0.3, 0.4) is 0 Å². The van der Waals surface area contributed by atoms with Crippen LogP contribution in [-0.2, 0) is 6.54 Å². The number of alkyl halides is 3. The number of fused-ring (bicyclic) bond motifs is 1. The number of imidazole rings is 1. The minimum atomic E-state index is -4.34. The molecule has 2 aromatic heterocycles. The minimum absolute atomic E-state index is 0.0770. The number of benzene rings is 1. The van der Waals surface area contributed by atoms with Gasteiger partial charge in [0, 0.05) is 0 Å². The molecule has 0 spiro atoms. The van der Waals surface area contributed by atoms with E-state index in [0.717, 1.165) is 5.56 Å². The van der Waals surface area contributed by atoms with Gasteiger partial charge in [0.05, 0.1) is 12.3 Å². The average Bonchev–Trinajstić information content (AvgIpc) is 2.83. The van der Waals surface area contributed by atoms with Crippen LogP contribution < -0.4 is 5.73 Å². The van der Waals surface area contributed by atoms with Crippen LogP contribution in [0.2, 0.25) is 0 Å². The lowest BCUT2D eigenvalue weighted by atomic mass is 10.2. The summed E-state index contributed by atoms with van der Waals surface area (Å²) >= 11 is 0.431. The van der Waals surface area contributed by atoms with Crippen LogP contribution in [-0.4, -0.2) is 36.6 Å². The number of hydrogen-bond donors (Lipinski definition) is 2. The van der Waals surface area contributed by atoms with Crippen molar-refractivity contribution in [3.8, 4) is 6.01 Å². The first-order chi connectivity index (χ1) is 11.3. The number of nitrogens with zero attached hydrogens (tertiary/aromatic N) is 4. The topological polar surface area (TPSA) is 89.8 Å². The molecule has 0 aliphatic heterocycles. The van der Waals surface area contributed by atoms with Crippen LogP contribution in [0.4, 0.5) is 19.0 Å². The highest BCUT2D eigenvalue weighted by molar-refractivity contribution is 7.99. The summed E-state index contributed by atoms with van der Waals surface area (Å²) in [6, 6.07) is 8.87. The van der Waals surface area contributed by atoms with Crippen LogP contribution in [0.1, 0.15) is 5.56 Å². The van der Waals surface area contributed by atoms with Crippen LogP contribution in [0, 0.1) is 0 Å². The van der Waals surface area contributed by atoms with Gasteiger partial charge in [0.15, 0.2) is 22.1 Å². The van der Waals surface area contributed by atoms with Gasteiger partial charge in [-0.1, -0.05) is 42.1 Å². The van der Waals surface area contributed by atoms with Gasteiger partial charge in [-0.05, 0) is 5.56 Å². The SMILES string of the molecule is Nc1nc(SCC(F)(F)F)nc2c1nc(O)n2Cc1ccccc1. The fourth-order valence-corrected chi connectivity index (χ4v) is 2.72. The van der Waals surface area contributed by atoms with E-state index in [0.29, 0.717) is 11.8 Å². The number of nitrogen functional groups attached to an aromatic ring is 1. The zero-order valence-corrected chi connectivity index (χ0v) is 13.0. The molecular weight excluding hydrogens is 343 g/mol. The van der Waals surface area contributed by atoms with Gasteiger partial charge in [0.25, 0.3) is 6.01 Å². The summed E-state index contributed by atoms with van der Waals surface area (Å²) in [5.41, 5.74) is 6.95. The van der Waals surface area contributed by atoms with Gasteiger partial charge in [0.2, 0.25) is 0 Å². The Bertz CT molecular complexity index is 866. The molecule has 0 saturated heterocycles. The molecule has 0 amide bonds. The summed E-state index contributed by atoms with van der Waals surface area (Å²) in [7, 11) is 0. The van der Waals surface area contributed by atoms with Crippen molar-refractivity contribution < 1.29 is 18.3 Å². The second-order valence-electron chi connectivity index (χ2n) is 4.95. The van der Waals surface area contributed by atoms with Crippen molar-refractivity contribution in [2.75, 3.05) is 11.5 Å². The number of nitrogens with two attached hydrogens (primary N) is 1. The first kappa shape index (κ1) is 16.4. The molecule has 24 heavy (non-hydrogen) atoms. The van der Waals surface area contributed by atoms with Crippen molar-refractivity contribution in [2.45, 2.75) is 17.9 Å². The zero-order chi connectivity index (χ0) is 17.3. The molecule has 2 heterocycles. The summed E-state index contributed by atoms with van der Waals surface area (Å²) < 4.78 is 38.5. The molecule has 6 nitrogen and oxygen atoms in total. The van der Waals surface area contributed by atoms with E-state index in [1.165, 1.54) is 4.57 Å². The molecule has 0 saturated carbocycles. The Morgan fingerprint density at radius 1 is 1.12 bits per heavy atom. The van der Waals surface area contributed by atoms with Gasteiger partial charge in [-0.15, -0.1) is 0 Å². The highest BCUT2D eigenvalue weighted by Gasteiger charge is 2.28. The lowest BCUT2D eigenvalue weighted by molar-refractivity contribution is -0.105. The van der Waals surface area contributed by atoms with E-state index in [4.69, 9.17) is 5.73 Å². The fraction of sp³-hybridized carbons (Fsp3) is 0.214. The molecule has 1 aromatic carbocycles. The summed E-state index contributed by atoms with van der Waals surface area (Å²) in [4.78, 5) is 11.8. The molecule has 126 valence electrons. The van der Waals surface area contributed by atoms with Crippen molar-refractivity contribution in [2.24, 2.45) is 0 Å². The lowest BCUT2D eigenvalue weighted by Crippen LogP contribution is -2.11. The van der Waals surface area contributed by atoms with Crippen LogP contribution in [0.25, 0.3) is 11.2 Å². The zero-order valence-electron chi connectivity index (χ0n) is 12.2. The molecule has 3 N–H and O–H groups in total. The van der Waals surface area contributed by atoms with E-state index in [2.05, 4.69) is 15.0 Å². The second-order valence-corrected chi connectivity index (χ2v) is 5.89. The van der Waals surface area contributed by atoms with E-state index >= 15 is 0 Å². The fourth-order valence-electron chi connectivity index (χ4n) is 2.11. The van der Waals surface area contributed by atoms with Crippen molar-refractivity contribution >= 4 is 28.7 Å². The molecule has 0 aliphatic carbocycles. The predicted molar refractivity (Wildman–Crippen MR) is 83.7 cm³/mol. The maximum Gasteiger partial charge on any atom is 0.398 e. The number of aromatic hydroxyl groups is 1. The van der Waals surface area contributed by atoms with E-state index in [-0.39, 0.29) is 34.7 Å². The van der Waals surface area contributed by atoms with Gasteiger partial charge in [-0.25, -0.2) is 9.97 Å². The third-order valence-electron chi connectivity index (χ3n) is 3.13. The van der Waals surface area contributed by atoms with E-state index in [1.54, 1.807) is 0 Å². The smallest absolute Gasteiger partial charge is 0.398 e. The number of hydrogen-bond acceptors (Lipinski definition) is 6. The highest BCUT2D eigenvalue weighted by atomic mass is 32.2. The van der Waals surface area contributed by atoms with Gasteiger partial charge < -0.3 is 10.8 Å². The number of anilines is 1. The van der Waals surface area contributed by atoms with Crippen LogP contribution >= 0.6 is 11.8 Å². The summed E-state index contributed by atoms with van der Waals surface area (Å²) in [6.45, 7) is 0.253. The molecule has 0 fully saturated rings. The predicted octanol–water partition coefficient (Wildman–Crippen LogP) is 2.82. The lowest BCUT2D eigenvalue weighted by Gasteiger charge is -2.07. The van der Waals surface area contributed by atoms with E-state index in [9.17, 15) is 18.3 Å². The first-order valence-corrected chi connectivity index (χ1v) is 7.78. The minimum Gasteiger partial charge on any atom is -0.480 e. The Labute approximate surface area is 138 Å². The van der Waals surface area contributed by atoms with Gasteiger partial charge in [-0.3, -0.25) is 4.57 Å². The number of aromatic nitrogens is 4. The number of rotatable bonds is 4. The maximum absolute atomic E-state index is 12.4. The standard InChI is InChI=1S/C14H12F3N5OS/c15-14(16,17)7-24-12-20-10(18)9-11(21-12)22(13(23)19-9)6-8-4-2-1-3-5-8/h1-5H,6-7H2,(H,19,23)(H2,18,20,21). The Morgan fingerprint density at radius 2 is 1.83 bits per heavy atom. The first-order valence-electron chi connectivity index (χ1n) is 6.79. The monoisotopic (exact) mass is 355 g/mol. The maximum atomic E-state index is 12.4. The number of halogens is 3. The van der Waals surface area contributed by atoms with Crippen molar-refractivity contribution in [3.63, 3.8) is 0 Å². The Morgan fingerprint density at radius 3 is 2.50 bits per heavy atom. The highest BCUT2D eigenvalue weighted by Crippen LogP contribution is 2.29. The Hall–Kier alpha value is -2.49. The van der Waals surface area contributed by atoms with Gasteiger partial charge in [-0.2, -0.15) is 18.2 Å². The van der Waals surface area contributed by atoms with Gasteiger partial charge >= 0.3 is 6.18 Å². The van der Waals surface area contributed by atoms with Gasteiger partial charge in [0.1, 0.15) is 0 Å². The molecule has 3 aromatic rings. The van der Waals surface area contributed by atoms with E-state index < -0.39 is 11.9 Å². The summed E-state index contributed by atoms with van der Waals surface area (Å²) in [6.07, 6.45) is -4.34. The second kappa shape index (κ2) is 6.19. The molecule has 0 radical (unpaired) electrons. The normalized spacial score (nSPS) is 12.0. The largest absolute Gasteiger partial charge is 0.480 e. The van der Waals surface area contributed by atoms with Crippen molar-refractivity contribution in [1.29, 1.82) is 0 Å². The van der Waals surface area contributed by atoms with E-state index in [1.807, 2.05) is 30.3 Å². The molecule has 10 heteroatoms.